The average Bonchev–Trinajstić information content (AvgIpc) is 2.81. The van der Waals surface area contributed by atoms with Crippen LogP contribution in [-0.2, 0) is 9.59 Å². The van der Waals surface area contributed by atoms with Crippen LogP contribution in [-0.4, -0.2) is 41.3 Å². The van der Waals surface area contributed by atoms with Gasteiger partial charge in [-0.3, -0.25) is 19.3 Å². The molecule has 0 spiro atoms. The molecule has 0 saturated carbocycles. The maximum Gasteiger partial charge on any atom is 0.294 e. The first-order valence-electron chi connectivity index (χ1n) is 7.57. The van der Waals surface area contributed by atoms with Gasteiger partial charge >= 0.3 is 0 Å². The van der Waals surface area contributed by atoms with E-state index in [1.54, 1.807) is 17.8 Å². The lowest BCUT2D eigenvalue weighted by Crippen LogP contribution is -2.40. The zero-order valence-corrected chi connectivity index (χ0v) is 15.5. The number of imide groups is 1. The summed E-state index contributed by atoms with van der Waals surface area (Å²) in [5.41, 5.74) is 0.850. The lowest BCUT2D eigenvalue weighted by molar-refractivity contribution is -0.129. The number of thioether (sulfide) groups is 2. The maximum atomic E-state index is 12.3. The minimum Gasteiger partial charge on any atom is -0.354 e. The summed E-state index contributed by atoms with van der Waals surface area (Å²) < 4.78 is 0. The molecule has 1 aliphatic rings. The van der Waals surface area contributed by atoms with Crippen LogP contribution < -0.4 is 5.32 Å². The molecule has 1 fully saturated rings. The van der Waals surface area contributed by atoms with E-state index in [1.165, 1.54) is 0 Å². The summed E-state index contributed by atoms with van der Waals surface area (Å²) in [6, 6.07) is 7.71. The number of carbonyl (C=O) groups is 3. The molecule has 0 bridgehead atoms. The smallest absolute Gasteiger partial charge is 0.294 e. The summed E-state index contributed by atoms with van der Waals surface area (Å²) in [6.07, 6.45) is 3.67. The topological polar surface area (TPSA) is 66.5 Å². The van der Waals surface area contributed by atoms with E-state index in [-0.39, 0.29) is 12.5 Å². The fraction of sp³-hybridized carbons (Fsp3) is 0.353. The second-order valence-corrected chi connectivity index (χ2v) is 7.61. The van der Waals surface area contributed by atoms with Gasteiger partial charge in [0, 0.05) is 11.4 Å². The Bertz CT molecular complexity index is 669. The molecule has 5 nitrogen and oxygen atoms in total. The standard InChI is InChI=1S/C17H20N2O3S2/c1-11(2)9-18-15(20)10-19-16(21)14(24-17(19)22)8-12-4-6-13(23-3)7-5-12/h4-8,11H,9-10H2,1-3H3,(H,18,20)/b14-8-. The quantitative estimate of drug-likeness (QED) is 0.620. The van der Waals surface area contributed by atoms with Gasteiger partial charge < -0.3 is 5.32 Å². The number of amides is 3. The van der Waals surface area contributed by atoms with Crippen molar-refractivity contribution in [2.45, 2.75) is 18.7 Å². The first-order chi connectivity index (χ1) is 11.4. The van der Waals surface area contributed by atoms with Gasteiger partial charge in [-0.25, -0.2) is 0 Å². The number of rotatable bonds is 6. The van der Waals surface area contributed by atoms with Gasteiger partial charge in [0.1, 0.15) is 6.54 Å². The molecule has 128 valence electrons. The van der Waals surface area contributed by atoms with E-state index in [1.807, 2.05) is 44.4 Å². The largest absolute Gasteiger partial charge is 0.354 e. The van der Waals surface area contributed by atoms with Crippen LogP contribution in [0.2, 0.25) is 0 Å². The van der Waals surface area contributed by atoms with Gasteiger partial charge in [0.15, 0.2) is 0 Å². The summed E-state index contributed by atoms with van der Waals surface area (Å²) in [4.78, 5) is 38.7. The monoisotopic (exact) mass is 364 g/mol. The van der Waals surface area contributed by atoms with Gasteiger partial charge in [0.2, 0.25) is 5.91 Å². The van der Waals surface area contributed by atoms with Crippen LogP contribution in [0.25, 0.3) is 6.08 Å². The SMILES string of the molecule is CSc1ccc(/C=C2\SC(=O)N(CC(=O)NCC(C)C)C2=O)cc1. The summed E-state index contributed by atoms with van der Waals surface area (Å²) in [5, 5.41) is 2.30. The molecule has 1 aromatic carbocycles. The Morgan fingerprint density at radius 1 is 1.29 bits per heavy atom. The minimum atomic E-state index is -0.418. The predicted octanol–water partition coefficient (Wildman–Crippen LogP) is 3.22. The predicted molar refractivity (Wildman–Crippen MR) is 98.7 cm³/mol. The highest BCUT2D eigenvalue weighted by Gasteiger charge is 2.36. The Labute approximate surface area is 150 Å². The Morgan fingerprint density at radius 3 is 2.54 bits per heavy atom. The lowest BCUT2D eigenvalue weighted by Gasteiger charge is -2.13. The van der Waals surface area contributed by atoms with Crippen molar-refractivity contribution >= 4 is 46.7 Å². The van der Waals surface area contributed by atoms with Crippen LogP contribution in [0, 0.1) is 5.92 Å². The number of hydrogen-bond donors (Lipinski definition) is 1. The zero-order valence-electron chi connectivity index (χ0n) is 13.9. The van der Waals surface area contributed by atoms with E-state index in [0.717, 1.165) is 27.1 Å². The van der Waals surface area contributed by atoms with Crippen LogP contribution in [0.15, 0.2) is 34.1 Å². The van der Waals surface area contributed by atoms with Crippen LogP contribution in [0.5, 0.6) is 0 Å². The van der Waals surface area contributed by atoms with E-state index in [9.17, 15) is 14.4 Å². The summed E-state index contributed by atoms with van der Waals surface area (Å²) in [5.74, 6) is -0.428. The van der Waals surface area contributed by atoms with Crippen molar-refractivity contribution in [3.05, 3.63) is 34.7 Å². The van der Waals surface area contributed by atoms with Crippen LogP contribution in [0.3, 0.4) is 0 Å². The van der Waals surface area contributed by atoms with Gasteiger partial charge in [0.05, 0.1) is 4.91 Å². The van der Waals surface area contributed by atoms with Crippen LogP contribution in [0.4, 0.5) is 4.79 Å². The molecular weight excluding hydrogens is 344 g/mol. The van der Waals surface area contributed by atoms with E-state index in [4.69, 9.17) is 0 Å². The van der Waals surface area contributed by atoms with Crippen molar-refractivity contribution in [2.75, 3.05) is 19.3 Å². The highest BCUT2D eigenvalue weighted by molar-refractivity contribution is 8.18. The van der Waals surface area contributed by atoms with Crippen molar-refractivity contribution in [1.29, 1.82) is 0 Å². The molecule has 0 atom stereocenters. The van der Waals surface area contributed by atoms with Crippen molar-refractivity contribution in [3.8, 4) is 0 Å². The summed E-state index contributed by atoms with van der Waals surface area (Å²) in [6.45, 7) is 4.24. The molecule has 0 aliphatic carbocycles. The molecule has 1 aliphatic heterocycles. The molecule has 0 unspecified atom stereocenters. The third kappa shape index (κ3) is 4.88. The molecule has 3 amide bonds. The van der Waals surface area contributed by atoms with Gasteiger partial charge in [-0.1, -0.05) is 26.0 Å². The third-order valence-electron chi connectivity index (χ3n) is 3.30. The number of hydrogen-bond acceptors (Lipinski definition) is 5. The Morgan fingerprint density at radius 2 is 1.96 bits per heavy atom. The molecule has 2 rings (SSSR count). The van der Waals surface area contributed by atoms with Crippen LogP contribution >= 0.6 is 23.5 Å². The number of carbonyl (C=O) groups excluding carboxylic acids is 3. The van der Waals surface area contributed by atoms with Crippen molar-refractivity contribution < 1.29 is 14.4 Å². The molecule has 1 saturated heterocycles. The number of nitrogens with one attached hydrogen (secondary N) is 1. The highest BCUT2D eigenvalue weighted by atomic mass is 32.2. The Hall–Kier alpha value is -1.73. The third-order valence-corrected chi connectivity index (χ3v) is 4.95. The average molecular weight is 364 g/mol. The number of benzene rings is 1. The van der Waals surface area contributed by atoms with E-state index < -0.39 is 11.1 Å². The van der Waals surface area contributed by atoms with Crippen molar-refractivity contribution in [2.24, 2.45) is 5.92 Å². The Kier molecular flexibility index (Phi) is 6.51. The molecule has 1 heterocycles. The molecule has 1 aromatic rings. The first kappa shape index (κ1) is 18.6. The van der Waals surface area contributed by atoms with Gasteiger partial charge in [-0.2, -0.15) is 0 Å². The zero-order chi connectivity index (χ0) is 17.7. The molecular formula is C17H20N2O3S2. The fourth-order valence-corrected chi connectivity index (χ4v) is 3.25. The normalized spacial score (nSPS) is 16.3. The van der Waals surface area contributed by atoms with E-state index in [0.29, 0.717) is 17.4 Å². The second-order valence-electron chi connectivity index (χ2n) is 5.74. The van der Waals surface area contributed by atoms with Crippen molar-refractivity contribution in [3.63, 3.8) is 0 Å². The van der Waals surface area contributed by atoms with E-state index in [2.05, 4.69) is 5.32 Å². The highest BCUT2D eigenvalue weighted by Crippen LogP contribution is 2.32. The summed E-state index contributed by atoms with van der Waals surface area (Å²) >= 11 is 2.50. The first-order valence-corrected chi connectivity index (χ1v) is 9.61. The maximum absolute atomic E-state index is 12.3. The Balaban J connectivity index is 2.04. The molecule has 0 aromatic heterocycles. The lowest BCUT2D eigenvalue weighted by atomic mass is 10.2. The minimum absolute atomic E-state index is 0.236. The van der Waals surface area contributed by atoms with Gasteiger partial charge in [-0.05, 0) is 47.7 Å². The fourth-order valence-electron chi connectivity index (χ4n) is 2.01. The van der Waals surface area contributed by atoms with Gasteiger partial charge in [-0.15, -0.1) is 11.8 Å². The van der Waals surface area contributed by atoms with E-state index >= 15 is 0 Å². The second kappa shape index (κ2) is 8.39. The molecule has 24 heavy (non-hydrogen) atoms. The molecule has 0 radical (unpaired) electrons. The summed E-state index contributed by atoms with van der Waals surface area (Å²) in [7, 11) is 0. The molecule has 7 heteroatoms. The van der Waals surface area contributed by atoms with Crippen LogP contribution in [0.1, 0.15) is 19.4 Å². The number of nitrogens with zero attached hydrogens (tertiary/aromatic N) is 1. The van der Waals surface area contributed by atoms with Crippen molar-refractivity contribution in [1.82, 2.24) is 10.2 Å². The van der Waals surface area contributed by atoms with Gasteiger partial charge in [0.25, 0.3) is 11.1 Å². The molecule has 1 N–H and O–H groups in total.